The Labute approximate surface area is 139 Å². The molecule has 3 nitrogen and oxygen atoms in total. The van der Waals surface area contributed by atoms with E-state index in [1.165, 1.54) is 19.3 Å². The average molecular weight is 324 g/mol. The van der Waals surface area contributed by atoms with E-state index in [0.29, 0.717) is 5.92 Å². The van der Waals surface area contributed by atoms with Crippen molar-refractivity contribution in [3.63, 3.8) is 0 Å². The Balaban J connectivity index is 2.88. The first-order chi connectivity index (χ1) is 10.3. The van der Waals surface area contributed by atoms with Gasteiger partial charge in [-0.1, -0.05) is 59.9 Å². The molecule has 1 atom stereocenters. The number of hydrogen-bond donors (Lipinski definition) is 0. The maximum atomic E-state index is 11.4. The van der Waals surface area contributed by atoms with Crippen molar-refractivity contribution in [1.29, 1.82) is 0 Å². The molecular weight excluding hydrogens is 294 g/mol. The molecule has 22 heavy (non-hydrogen) atoms. The van der Waals surface area contributed by atoms with Crippen LogP contribution in [0.25, 0.3) is 0 Å². The third kappa shape index (κ3) is 5.64. The lowest BCUT2D eigenvalue weighted by Crippen LogP contribution is -2.11. The molecule has 0 aliphatic carbocycles. The van der Waals surface area contributed by atoms with Gasteiger partial charge in [0.1, 0.15) is 0 Å². The molecule has 0 radical (unpaired) electrons. The van der Waals surface area contributed by atoms with E-state index in [1.54, 1.807) is 17.8 Å². The van der Waals surface area contributed by atoms with Gasteiger partial charge >= 0.3 is 0 Å². The summed E-state index contributed by atoms with van der Waals surface area (Å²) in [7, 11) is 0. The molecule has 0 aromatic heterocycles. The van der Waals surface area contributed by atoms with Gasteiger partial charge in [0.15, 0.2) is 0 Å². The molecule has 0 spiro atoms. The maximum Gasteiger partial charge on any atom is 0.283 e. The lowest BCUT2D eigenvalue weighted by molar-refractivity contribution is -0.387. The monoisotopic (exact) mass is 323 g/mol. The number of thioether (sulfide) groups is 1. The van der Waals surface area contributed by atoms with Gasteiger partial charge in [-0.15, -0.1) is 11.8 Å². The number of nitro benzene ring substituents is 1. The Kier molecular flexibility index (Phi) is 7.40. The number of hydrogen-bond acceptors (Lipinski definition) is 3. The fraction of sp³-hybridized carbons (Fsp3) is 0.667. The van der Waals surface area contributed by atoms with Crippen LogP contribution < -0.4 is 0 Å². The van der Waals surface area contributed by atoms with Crippen molar-refractivity contribution in [3.05, 3.63) is 33.9 Å². The molecule has 0 heterocycles. The number of nitro groups is 1. The SMILES string of the molecule is CCCCC(CC)CSc1ccc(C(C)(C)C)cc1[N+](=O)[O-]. The third-order valence-electron chi connectivity index (χ3n) is 4.04. The van der Waals surface area contributed by atoms with E-state index in [0.717, 1.165) is 22.6 Å². The van der Waals surface area contributed by atoms with Crippen LogP contribution in [0.3, 0.4) is 0 Å². The highest BCUT2D eigenvalue weighted by molar-refractivity contribution is 7.99. The summed E-state index contributed by atoms with van der Waals surface area (Å²) in [5.74, 6) is 1.61. The standard InChI is InChI=1S/C18H29NO2S/c1-6-8-9-14(7-2)13-22-17-11-10-15(18(3,4)5)12-16(17)19(20)21/h10-12,14H,6-9,13H2,1-5H3. The summed E-state index contributed by atoms with van der Waals surface area (Å²) in [6.45, 7) is 10.7. The molecule has 1 aromatic rings. The molecule has 4 heteroatoms. The first kappa shape index (κ1) is 19.0. The molecule has 0 aliphatic rings. The second-order valence-corrected chi connectivity index (χ2v) is 7.98. The molecule has 0 N–H and O–H groups in total. The van der Waals surface area contributed by atoms with Crippen LogP contribution in [-0.2, 0) is 5.41 Å². The summed E-state index contributed by atoms with van der Waals surface area (Å²) >= 11 is 1.64. The van der Waals surface area contributed by atoms with Gasteiger partial charge in [0.2, 0.25) is 0 Å². The van der Waals surface area contributed by atoms with Crippen molar-refractivity contribution < 1.29 is 4.92 Å². The molecule has 124 valence electrons. The summed E-state index contributed by atoms with van der Waals surface area (Å²) in [5, 5.41) is 11.4. The van der Waals surface area contributed by atoms with Crippen molar-refractivity contribution in [2.45, 2.75) is 70.6 Å². The highest BCUT2D eigenvalue weighted by Gasteiger charge is 2.21. The second-order valence-electron chi connectivity index (χ2n) is 6.92. The van der Waals surface area contributed by atoms with Gasteiger partial charge in [0.05, 0.1) is 9.82 Å². The van der Waals surface area contributed by atoms with E-state index in [9.17, 15) is 10.1 Å². The fourth-order valence-electron chi connectivity index (χ4n) is 2.35. The van der Waals surface area contributed by atoms with Crippen LogP contribution in [0.5, 0.6) is 0 Å². The van der Waals surface area contributed by atoms with Crippen molar-refractivity contribution in [2.24, 2.45) is 5.92 Å². The summed E-state index contributed by atoms with van der Waals surface area (Å²) in [6, 6.07) is 5.70. The normalized spacial score (nSPS) is 13.1. The zero-order chi connectivity index (χ0) is 16.8. The fourth-order valence-corrected chi connectivity index (χ4v) is 3.62. The average Bonchev–Trinajstić information content (AvgIpc) is 2.46. The maximum absolute atomic E-state index is 11.4. The lowest BCUT2D eigenvalue weighted by atomic mass is 9.87. The predicted molar refractivity (Wildman–Crippen MR) is 95.8 cm³/mol. The molecule has 0 amide bonds. The van der Waals surface area contributed by atoms with E-state index >= 15 is 0 Å². The van der Waals surface area contributed by atoms with Crippen LogP contribution in [0.15, 0.2) is 23.1 Å². The zero-order valence-corrected chi connectivity index (χ0v) is 15.3. The number of rotatable bonds is 8. The van der Waals surface area contributed by atoms with Gasteiger partial charge in [-0.05, 0) is 29.4 Å². The van der Waals surface area contributed by atoms with E-state index in [1.807, 2.05) is 12.1 Å². The molecule has 0 aliphatic heterocycles. The second kappa shape index (κ2) is 8.56. The molecule has 0 saturated carbocycles. The molecule has 1 unspecified atom stereocenters. The van der Waals surface area contributed by atoms with Crippen LogP contribution >= 0.6 is 11.8 Å². The van der Waals surface area contributed by atoms with Crippen molar-refractivity contribution >= 4 is 17.4 Å². The Morgan fingerprint density at radius 2 is 1.95 bits per heavy atom. The van der Waals surface area contributed by atoms with Crippen LogP contribution in [0, 0.1) is 16.0 Å². The number of nitrogens with zero attached hydrogens (tertiary/aromatic N) is 1. The van der Waals surface area contributed by atoms with E-state index < -0.39 is 0 Å². The Morgan fingerprint density at radius 1 is 1.27 bits per heavy atom. The van der Waals surface area contributed by atoms with Gasteiger partial charge in [-0.25, -0.2) is 0 Å². The van der Waals surface area contributed by atoms with Crippen molar-refractivity contribution in [3.8, 4) is 0 Å². The quantitative estimate of drug-likeness (QED) is 0.325. The first-order valence-corrected chi connectivity index (χ1v) is 9.19. The van der Waals surface area contributed by atoms with Crippen LogP contribution in [0.4, 0.5) is 5.69 Å². The van der Waals surface area contributed by atoms with Crippen LogP contribution in [0.1, 0.15) is 65.9 Å². The molecule has 1 aromatic carbocycles. The largest absolute Gasteiger partial charge is 0.283 e. The minimum atomic E-state index is -0.245. The Morgan fingerprint density at radius 3 is 2.45 bits per heavy atom. The molecular formula is C18H29NO2S. The predicted octanol–water partition coefficient (Wildman–Crippen LogP) is 6.20. The number of benzene rings is 1. The minimum absolute atomic E-state index is 0.0684. The highest BCUT2D eigenvalue weighted by Crippen LogP contribution is 2.35. The highest BCUT2D eigenvalue weighted by atomic mass is 32.2. The molecule has 0 fully saturated rings. The molecule has 0 saturated heterocycles. The zero-order valence-electron chi connectivity index (χ0n) is 14.5. The van der Waals surface area contributed by atoms with Gasteiger partial charge in [-0.3, -0.25) is 10.1 Å². The van der Waals surface area contributed by atoms with Gasteiger partial charge in [-0.2, -0.15) is 0 Å². The van der Waals surface area contributed by atoms with E-state index in [4.69, 9.17) is 0 Å². The van der Waals surface area contributed by atoms with Gasteiger partial charge in [0, 0.05) is 11.8 Å². The third-order valence-corrected chi connectivity index (χ3v) is 5.33. The van der Waals surface area contributed by atoms with E-state index in [-0.39, 0.29) is 16.0 Å². The molecule has 0 bridgehead atoms. The van der Waals surface area contributed by atoms with Crippen molar-refractivity contribution in [2.75, 3.05) is 5.75 Å². The molecule has 1 rings (SSSR count). The lowest BCUT2D eigenvalue weighted by Gasteiger charge is -2.19. The number of unbranched alkanes of at least 4 members (excludes halogenated alkanes) is 1. The van der Waals surface area contributed by atoms with Crippen LogP contribution in [-0.4, -0.2) is 10.7 Å². The topological polar surface area (TPSA) is 43.1 Å². The van der Waals surface area contributed by atoms with Gasteiger partial charge in [0.25, 0.3) is 5.69 Å². The minimum Gasteiger partial charge on any atom is -0.258 e. The first-order valence-electron chi connectivity index (χ1n) is 8.21. The summed E-state index contributed by atoms with van der Waals surface area (Å²) in [4.78, 5) is 11.9. The Bertz CT molecular complexity index is 494. The summed E-state index contributed by atoms with van der Waals surface area (Å²) < 4.78 is 0. The summed E-state index contributed by atoms with van der Waals surface area (Å²) in [5.41, 5.74) is 1.20. The van der Waals surface area contributed by atoms with Crippen molar-refractivity contribution in [1.82, 2.24) is 0 Å². The van der Waals surface area contributed by atoms with Gasteiger partial charge < -0.3 is 0 Å². The van der Waals surface area contributed by atoms with Crippen LogP contribution in [0.2, 0.25) is 0 Å². The smallest absolute Gasteiger partial charge is 0.258 e. The summed E-state index contributed by atoms with van der Waals surface area (Å²) in [6.07, 6.45) is 4.81. The Hall–Kier alpha value is -1.03. The van der Waals surface area contributed by atoms with E-state index in [2.05, 4.69) is 34.6 Å².